The molecule has 0 radical (unpaired) electrons. The number of para-hydroxylation sites is 1. The number of thioether (sulfide) groups is 1. The van der Waals surface area contributed by atoms with E-state index >= 15 is 0 Å². The highest BCUT2D eigenvalue weighted by molar-refractivity contribution is 8.00. The Kier molecular flexibility index (Phi) is 1.94. The molecule has 2 bridgehead atoms. The van der Waals surface area contributed by atoms with E-state index in [-0.39, 0.29) is 5.82 Å². The van der Waals surface area contributed by atoms with E-state index in [4.69, 9.17) is 0 Å². The van der Waals surface area contributed by atoms with Crippen molar-refractivity contribution in [3.8, 4) is 0 Å². The van der Waals surface area contributed by atoms with Crippen LogP contribution in [0.3, 0.4) is 0 Å². The van der Waals surface area contributed by atoms with E-state index in [1.54, 1.807) is 12.1 Å². The highest BCUT2D eigenvalue weighted by Gasteiger charge is 2.39. The molecular weight excluding hydrogens is 197 g/mol. The Balaban J connectivity index is 1.93. The van der Waals surface area contributed by atoms with Crippen molar-refractivity contribution in [1.29, 1.82) is 0 Å². The third-order valence-corrected chi connectivity index (χ3v) is 4.45. The Morgan fingerprint density at radius 2 is 2.21 bits per heavy atom. The summed E-state index contributed by atoms with van der Waals surface area (Å²) in [5, 5.41) is 0.736. The van der Waals surface area contributed by atoms with E-state index in [0.29, 0.717) is 6.04 Å². The molecule has 2 aliphatic heterocycles. The van der Waals surface area contributed by atoms with Crippen LogP contribution in [0.15, 0.2) is 24.3 Å². The molecule has 1 aromatic carbocycles. The SMILES string of the molecule is Fc1ccccc1N1CC2CC1CS2. The van der Waals surface area contributed by atoms with Crippen LogP contribution >= 0.6 is 11.8 Å². The smallest absolute Gasteiger partial charge is 0.146 e. The molecule has 2 aliphatic rings. The highest BCUT2D eigenvalue weighted by atomic mass is 32.2. The van der Waals surface area contributed by atoms with Crippen LogP contribution in [-0.2, 0) is 0 Å². The zero-order valence-corrected chi connectivity index (χ0v) is 8.64. The first-order valence-electron chi connectivity index (χ1n) is 4.97. The van der Waals surface area contributed by atoms with E-state index < -0.39 is 0 Å². The molecule has 1 nitrogen and oxygen atoms in total. The van der Waals surface area contributed by atoms with Gasteiger partial charge in [0, 0.05) is 23.6 Å². The van der Waals surface area contributed by atoms with E-state index in [1.807, 2.05) is 23.9 Å². The van der Waals surface area contributed by atoms with Gasteiger partial charge >= 0.3 is 0 Å². The Hall–Kier alpha value is -0.700. The predicted molar refractivity (Wildman–Crippen MR) is 58.4 cm³/mol. The summed E-state index contributed by atoms with van der Waals surface area (Å²) in [6.45, 7) is 1.02. The van der Waals surface area contributed by atoms with Gasteiger partial charge in [-0.05, 0) is 18.6 Å². The number of rotatable bonds is 1. The molecule has 74 valence electrons. The molecule has 1 aromatic rings. The summed E-state index contributed by atoms with van der Waals surface area (Å²) in [5.74, 6) is 1.09. The fraction of sp³-hybridized carbons (Fsp3) is 0.455. The molecule has 0 aromatic heterocycles. The molecule has 2 atom stereocenters. The molecule has 0 aliphatic carbocycles. The lowest BCUT2D eigenvalue weighted by molar-refractivity contribution is 0.615. The van der Waals surface area contributed by atoms with E-state index in [2.05, 4.69) is 4.90 Å². The third-order valence-electron chi connectivity index (χ3n) is 3.06. The number of hydrogen-bond acceptors (Lipinski definition) is 2. The number of nitrogens with zero attached hydrogens (tertiary/aromatic N) is 1. The summed E-state index contributed by atoms with van der Waals surface area (Å²) in [7, 11) is 0. The van der Waals surface area contributed by atoms with Gasteiger partial charge < -0.3 is 4.90 Å². The summed E-state index contributed by atoms with van der Waals surface area (Å²) >= 11 is 2.03. The van der Waals surface area contributed by atoms with E-state index in [1.165, 1.54) is 12.2 Å². The van der Waals surface area contributed by atoms with Crippen LogP contribution in [0.1, 0.15) is 6.42 Å². The standard InChI is InChI=1S/C11H12FNS/c12-10-3-1-2-4-11(10)13-6-9-5-8(13)7-14-9/h1-4,8-9H,5-7H2. The van der Waals surface area contributed by atoms with Crippen LogP contribution in [-0.4, -0.2) is 23.6 Å². The van der Waals surface area contributed by atoms with Crippen molar-refractivity contribution in [2.24, 2.45) is 0 Å². The Morgan fingerprint density at radius 3 is 2.86 bits per heavy atom. The summed E-state index contributed by atoms with van der Waals surface area (Å²) in [6.07, 6.45) is 1.24. The van der Waals surface area contributed by atoms with Gasteiger partial charge in [-0.1, -0.05) is 12.1 Å². The van der Waals surface area contributed by atoms with Crippen molar-refractivity contribution in [3.05, 3.63) is 30.1 Å². The van der Waals surface area contributed by atoms with E-state index in [0.717, 1.165) is 17.5 Å². The van der Waals surface area contributed by atoms with Gasteiger partial charge in [-0.25, -0.2) is 4.39 Å². The highest BCUT2D eigenvalue weighted by Crippen LogP contribution is 2.40. The molecule has 3 heteroatoms. The number of anilines is 1. The number of hydrogen-bond donors (Lipinski definition) is 0. The average Bonchev–Trinajstić information content (AvgIpc) is 2.79. The van der Waals surface area contributed by atoms with Crippen LogP contribution < -0.4 is 4.90 Å². The fourth-order valence-electron chi connectivity index (χ4n) is 2.38. The van der Waals surface area contributed by atoms with Gasteiger partial charge in [0.1, 0.15) is 5.82 Å². The Bertz CT molecular complexity index is 355. The first kappa shape index (κ1) is 8.60. The minimum Gasteiger partial charge on any atom is -0.364 e. The number of fused-ring (bicyclic) bond motifs is 2. The third kappa shape index (κ3) is 1.22. The topological polar surface area (TPSA) is 3.24 Å². The van der Waals surface area contributed by atoms with Crippen molar-refractivity contribution >= 4 is 17.4 Å². The summed E-state index contributed by atoms with van der Waals surface area (Å²) in [6, 6.07) is 7.68. The molecule has 2 saturated heterocycles. The van der Waals surface area contributed by atoms with Crippen molar-refractivity contribution in [2.75, 3.05) is 17.2 Å². The van der Waals surface area contributed by atoms with Gasteiger partial charge in [-0.2, -0.15) is 11.8 Å². The lowest BCUT2D eigenvalue weighted by Gasteiger charge is -2.28. The second kappa shape index (κ2) is 3.16. The monoisotopic (exact) mass is 209 g/mol. The van der Waals surface area contributed by atoms with Crippen LogP contribution in [0.5, 0.6) is 0 Å². The molecule has 14 heavy (non-hydrogen) atoms. The molecule has 0 saturated carbocycles. The first-order valence-corrected chi connectivity index (χ1v) is 6.02. The zero-order chi connectivity index (χ0) is 9.54. The molecule has 2 fully saturated rings. The van der Waals surface area contributed by atoms with Crippen molar-refractivity contribution in [3.63, 3.8) is 0 Å². The average molecular weight is 209 g/mol. The van der Waals surface area contributed by atoms with Crippen LogP contribution in [0.4, 0.5) is 10.1 Å². The second-order valence-corrected chi connectivity index (χ2v) is 5.28. The van der Waals surface area contributed by atoms with Gasteiger partial charge in [0.15, 0.2) is 0 Å². The minimum absolute atomic E-state index is 0.0787. The molecule has 0 N–H and O–H groups in total. The maximum Gasteiger partial charge on any atom is 0.146 e. The van der Waals surface area contributed by atoms with E-state index in [9.17, 15) is 4.39 Å². The van der Waals surface area contributed by atoms with Crippen molar-refractivity contribution in [1.82, 2.24) is 0 Å². The normalized spacial score (nSPS) is 29.9. The van der Waals surface area contributed by atoms with Crippen molar-refractivity contribution in [2.45, 2.75) is 17.7 Å². The van der Waals surface area contributed by atoms with Crippen LogP contribution in [0.25, 0.3) is 0 Å². The van der Waals surface area contributed by atoms with Gasteiger partial charge in [0.2, 0.25) is 0 Å². The lowest BCUT2D eigenvalue weighted by Crippen LogP contribution is -2.34. The number of benzene rings is 1. The van der Waals surface area contributed by atoms with Gasteiger partial charge in [0.05, 0.1) is 5.69 Å². The zero-order valence-electron chi connectivity index (χ0n) is 7.82. The molecule has 2 unspecified atom stereocenters. The molecular formula is C11H12FNS. The maximum atomic E-state index is 13.5. The Labute approximate surface area is 87.3 Å². The quantitative estimate of drug-likeness (QED) is 0.699. The summed E-state index contributed by atoms with van der Waals surface area (Å²) < 4.78 is 13.5. The van der Waals surface area contributed by atoms with Gasteiger partial charge in [-0.15, -0.1) is 0 Å². The maximum absolute atomic E-state index is 13.5. The lowest BCUT2D eigenvalue weighted by atomic mass is 10.2. The predicted octanol–water partition coefficient (Wildman–Crippen LogP) is 2.52. The second-order valence-electron chi connectivity index (χ2n) is 3.95. The Morgan fingerprint density at radius 1 is 1.36 bits per heavy atom. The molecule has 2 heterocycles. The van der Waals surface area contributed by atoms with Crippen LogP contribution in [0, 0.1) is 5.82 Å². The fourth-order valence-corrected chi connectivity index (χ4v) is 3.81. The largest absolute Gasteiger partial charge is 0.364 e. The number of halogens is 1. The van der Waals surface area contributed by atoms with Crippen LogP contribution in [0.2, 0.25) is 0 Å². The molecule has 0 amide bonds. The van der Waals surface area contributed by atoms with Gasteiger partial charge in [-0.3, -0.25) is 0 Å². The molecule has 0 spiro atoms. The van der Waals surface area contributed by atoms with Crippen molar-refractivity contribution < 1.29 is 4.39 Å². The summed E-state index contributed by atoms with van der Waals surface area (Å²) in [5.41, 5.74) is 0.792. The molecule has 3 rings (SSSR count). The minimum atomic E-state index is -0.0787. The van der Waals surface area contributed by atoms with Gasteiger partial charge in [0.25, 0.3) is 0 Å². The summed E-state index contributed by atoms with van der Waals surface area (Å²) in [4.78, 5) is 2.23. The first-order chi connectivity index (χ1) is 6.84.